The number of carbonyl (C=O) groups excluding carboxylic acids is 2. The molecule has 1 heterocycles. The highest BCUT2D eigenvalue weighted by molar-refractivity contribution is 5.88. The molecule has 0 bridgehead atoms. The van der Waals surface area contributed by atoms with Crippen molar-refractivity contribution in [1.82, 2.24) is 5.32 Å². The van der Waals surface area contributed by atoms with Gasteiger partial charge >= 0.3 is 5.97 Å². The third-order valence-corrected chi connectivity index (χ3v) is 2.83. The van der Waals surface area contributed by atoms with Crippen molar-refractivity contribution in [3.63, 3.8) is 0 Å². The number of carbonyl (C=O) groups is 2. The van der Waals surface area contributed by atoms with Gasteiger partial charge in [-0.3, -0.25) is 4.79 Å². The number of esters is 1. The van der Waals surface area contributed by atoms with E-state index in [4.69, 9.17) is 4.74 Å². The first-order chi connectivity index (χ1) is 8.16. The molecule has 1 fully saturated rings. The average molecular weight is 233 g/mol. The Kier molecular flexibility index (Phi) is 3.42. The number of rotatable bonds is 4. The number of hydrogen-bond acceptors (Lipinski definition) is 3. The quantitative estimate of drug-likeness (QED) is 0.791. The number of hydrogen-bond donors (Lipinski definition) is 1. The predicted molar refractivity (Wildman–Crippen MR) is 62.2 cm³/mol. The lowest BCUT2D eigenvalue weighted by molar-refractivity contribution is -0.176. The second kappa shape index (κ2) is 4.99. The molecule has 0 spiro atoms. The van der Waals surface area contributed by atoms with Gasteiger partial charge in [-0.25, -0.2) is 4.79 Å². The van der Waals surface area contributed by atoms with Gasteiger partial charge < -0.3 is 10.1 Å². The second-order valence-corrected chi connectivity index (χ2v) is 4.17. The van der Waals surface area contributed by atoms with Crippen molar-refractivity contribution < 1.29 is 14.3 Å². The maximum Gasteiger partial charge on any atom is 0.332 e. The van der Waals surface area contributed by atoms with E-state index in [2.05, 4.69) is 5.32 Å². The van der Waals surface area contributed by atoms with E-state index in [-0.39, 0.29) is 18.0 Å². The molecule has 4 heteroatoms. The van der Waals surface area contributed by atoms with Crippen LogP contribution in [0.25, 0.3) is 0 Å². The number of nitrogens with one attached hydrogen (secondary N) is 1. The third-order valence-electron chi connectivity index (χ3n) is 2.83. The van der Waals surface area contributed by atoms with Crippen LogP contribution < -0.4 is 5.32 Å². The van der Waals surface area contributed by atoms with Crippen LogP contribution in [0.5, 0.6) is 0 Å². The van der Waals surface area contributed by atoms with Gasteiger partial charge in [0.2, 0.25) is 5.91 Å². The smallest absolute Gasteiger partial charge is 0.332 e. The van der Waals surface area contributed by atoms with Gasteiger partial charge in [-0.15, -0.1) is 0 Å². The molecule has 0 aromatic heterocycles. The Bertz CT molecular complexity index is 416. The van der Waals surface area contributed by atoms with Crippen molar-refractivity contribution in [1.29, 1.82) is 0 Å². The van der Waals surface area contributed by atoms with Crippen LogP contribution in [0.2, 0.25) is 0 Å². The average Bonchev–Trinajstić information content (AvgIpc) is 2.35. The van der Waals surface area contributed by atoms with Gasteiger partial charge in [0.05, 0.1) is 0 Å². The summed E-state index contributed by atoms with van der Waals surface area (Å²) in [5.41, 5.74) is 1.12. The number of aryl methyl sites for hydroxylation is 1. The van der Waals surface area contributed by atoms with E-state index in [0.29, 0.717) is 12.8 Å². The fourth-order valence-electron chi connectivity index (χ4n) is 1.77. The summed E-state index contributed by atoms with van der Waals surface area (Å²) in [6.45, 7) is 1.77. The van der Waals surface area contributed by atoms with Crippen LogP contribution in [0.4, 0.5) is 0 Å². The maximum atomic E-state index is 11.6. The standard InChI is InChI=1S/C13H15NO3/c1-9-12(13(16)17-9)14-11(15)8-7-10-5-3-2-4-6-10/h2-6,9,12H,7-8H2,1H3,(H,14,15)/t9-,12+/m0/s1. The van der Waals surface area contributed by atoms with Crippen molar-refractivity contribution in [2.45, 2.75) is 31.9 Å². The Labute approximate surface area is 100.0 Å². The molecule has 0 saturated carbocycles. The molecule has 2 rings (SSSR count). The molecule has 0 aliphatic carbocycles. The first-order valence-electron chi connectivity index (χ1n) is 5.70. The summed E-state index contributed by atoms with van der Waals surface area (Å²) < 4.78 is 4.76. The van der Waals surface area contributed by atoms with E-state index in [1.165, 1.54) is 0 Å². The summed E-state index contributed by atoms with van der Waals surface area (Å²) in [7, 11) is 0. The predicted octanol–water partition coefficient (Wildman–Crippen LogP) is 1.05. The molecule has 1 aliphatic heterocycles. The molecule has 1 saturated heterocycles. The Balaban J connectivity index is 1.76. The van der Waals surface area contributed by atoms with Crippen molar-refractivity contribution in [2.75, 3.05) is 0 Å². The molecule has 1 aliphatic rings. The fourth-order valence-corrected chi connectivity index (χ4v) is 1.77. The van der Waals surface area contributed by atoms with E-state index in [0.717, 1.165) is 5.56 Å². The Hall–Kier alpha value is -1.84. The van der Waals surface area contributed by atoms with Gasteiger partial charge in [0, 0.05) is 6.42 Å². The molecule has 1 amide bonds. The highest BCUT2D eigenvalue weighted by Gasteiger charge is 2.39. The second-order valence-electron chi connectivity index (χ2n) is 4.17. The van der Waals surface area contributed by atoms with Gasteiger partial charge in [0.15, 0.2) is 6.04 Å². The summed E-state index contributed by atoms with van der Waals surface area (Å²) in [5.74, 6) is -0.451. The first-order valence-corrected chi connectivity index (χ1v) is 5.70. The summed E-state index contributed by atoms with van der Waals surface area (Å²) in [5, 5.41) is 2.67. The monoisotopic (exact) mass is 233 g/mol. The number of ether oxygens (including phenoxy) is 1. The third kappa shape index (κ3) is 2.84. The summed E-state index contributed by atoms with van der Waals surface area (Å²) in [4.78, 5) is 22.6. The summed E-state index contributed by atoms with van der Waals surface area (Å²) in [6.07, 6.45) is 0.867. The van der Waals surface area contributed by atoms with Crippen LogP contribution in [-0.4, -0.2) is 24.0 Å². The lowest BCUT2D eigenvalue weighted by atomic mass is 10.1. The lowest BCUT2D eigenvalue weighted by Crippen LogP contribution is -2.58. The Morgan fingerprint density at radius 2 is 2.06 bits per heavy atom. The molecule has 1 aromatic rings. The summed E-state index contributed by atoms with van der Waals surface area (Å²) in [6, 6.07) is 9.33. The van der Waals surface area contributed by atoms with E-state index >= 15 is 0 Å². The van der Waals surface area contributed by atoms with Gasteiger partial charge in [-0.1, -0.05) is 30.3 Å². The van der Waals surface area contributed by atoms with Crippen LogP contribution in [0.1, 0.15) is 18.9 Å². The molecule has 1 aromatic carbocycles. The number of cyclic esters (lactones) is 1. The van der Waals surface area contributed by atoms with Crippen LogP contribution in [0.15, 0.2) is 30.3 Å². The minimum absolute atomic E-state index is 0.109. The zero-order chi connectivity index (χ0) is 12.3. The molecule has 4 nitrogen and oxygen atoms in total. The van der Waals surface area contributed by atoms with Gasteiger partial charge in [0.25, 0.3) is 0 Å². The van der Waals surface area contributed by atoms with Gasteiger partial charge in [-0.2, -0.15) is 0 Å². The topological polar surface area (TPSA) is 55.4 Å². The van der Waals surface area contributed by atoms with Crippen molar-refractivity contribution in [2.24, 2.45) is 0 Å². The van der Waals surface area contributed by atoms with Crippen LogP contribution >= 0.6 is 0 Å². The molecule has 0 unspecified atom stereocenters. The SMILES string of the molecule is C[C@@H]1OC(=O)[C@@H]1NC(=O)CCc1ccccc1. The lowest BCUT2D eigenvalue weighted by Gasteiger charge is -2.32. The zero-order valence-electron chi connectivity index (χ0n) is 9.68. The van der Waals surface area contributed by atoms with E-state index in [1.807, 2.05) is 30.3 Å². The molecule has 17 heavy (non-hydrogen) atoms. The van der Waals surface area contributed by atoms with Gasteiger partial charge in [-0.05, 0) is 18.9 Å². The van der Waals surface area contributed by atoms with E-state index in [9.17, 15) is 9.59 Å². The molecule has 2 atom stereocenters. The first kappa shape index (κ1) is 11.6. The molecule has 0 radical (unpaired) electrons. The summed E-state index contributed by atoms with van der Waals surface area (Å²) >= 11 is 0. The van der Waals surface area contributed by atoms with Crippen molar-refractivity contribution in [3.8, 4) is 0 Å². The Morgan fingerprint density at radius 1 is 1.35 bits per heavy atom. The highest BCUT2D eigenvalue weighted by atomic mass is 16.6. The highest BCUT2D eigenvalue weighted by Crippen LogP contribution is 2.13. The maximum absolute atomic E-state index is 11.6. The minimum Gasteiger partial charge on any atom is -0.458 e. The van der Waals surface area contributed by atoms with Crippen LogP contribution in [-0.2, 0) is 20.7 Å². The van der Waals surface area contributed by atoms with Crippen molar-refractivity contribution in [3.05, 3.63) is 35.9 Å². The molecular weight excluding hydrogens is 218 g/mol. The van der Waals surface area contributed by atoms with Gasteiger partial charge in [0.1, 0.15) is 6.10 Å². The normalized spacial score (nSPS) is 22.5. The van der Waals surface area contributed by atoms with E-state index in [1.54, 1.807) is 6.92 Å². The number of amides is 1. The molecule has 1 N–H and O–H groups in total. The largest absolute Gasteiger partial charge is 0.458 e. The molecular formula is C13H15NO3. The fraction of sp³-hybridized carbons (Fsp3) is 0.385. The van der Waals surface area contributed by atoms with Crippen molar-refractivity contribution >= 4 is 11.9 Å². The van der Waals surface area contributed by atoms with Crippen LogP contribution in [0, 0.1) is 0 Å². The number of benzene rings is 1. The Morgan fingerprint density at radius 3 is 2.65 bits per heavy atom. The molecule has 90 valence electrons. The van der Waals surface area contributed by atoms with E-state index < -0.39 is 6.04 Å². The van der Waals surface area contributed by atoms with Crippen LogP contribution in [0.3, 0.4) is 0 Å². The minimum atomic E-state index is -0.460. The zero-order valence-corrected chi connectivity index (χ0v) is 9.68.